The lowest BCUT2D eigenvalue weighted by Crippen LogP contribution is -2.23. The summed E-state index contributed by atoms with van der Waals surface area (Å²) in [5, 5.41) is 30.9. The molecule has 0 radical (unpaired) electrons. The van der Waals surface area contributed by atoms with E-state index in [1.807, 2.05) is 13.8 Å². The standard InChI is InChI=1S/C22H36O5/c1-21(2,3)12-8-6-10-16-14-18(24)17(20(26)19(16)25)11-7-9-13-22(4,5)27-15-23/h14-15,24-26H,6-13H2,1-5H3. The van der Waals surface area contributed by atoms with E-state index in [0.717, 1.165) is 25.7 Å². The van der Waals surface area contributed by atoms with E-state index >= 15 is 0 Å². The van der Waals surface area contributed by atoms with Gasteiger partial charge in [-0.1, -0.05) is 27.2 Å². The average Bonchev–Trinajstić information content (AvgIpc) is 2.54. The molecule has 0 atom stereocenters. The van der Waals surface area contributed by atoms with Crippen molar-refractivity contribution >= 4 is 6.47 Å². The number of benzene rings is 1. The molecule has 0 aliphatic carbocycles. The van der Waals surface area contributed by atoms with Gasteiger partial charge in [0.2, 0.25) is 0 Å². The molecule has 27 heavy (non-hydrogen) atoms. The van der Waals surface area contributed by atoms with Gasteiger partial charge in [0.1, 0.15) is 11.4 Å². The van der Waals surface area contributed by atoms with E-state index in [4.69, 9.17) is 4.74 Å². The Balaban J connectivity index is 2.62. The molecule has 154 valence electrons. The lowest BCUT2D eigenvalue weighted by Gasteiger charge is -2.22. The van der Waals surface area contributed by atoms with Gasteiger partial charge in [0.15, 0.2) is 11.5 Å². The topological polar surface area (TPSA) is 87.0 Å². The van der Waals surface area contributed by atoms with E-state index in [1.54, 1.807) is 6.07 Å². The molecule has 0 amide bonds. The number of phenolic OH excluding ortho intramolecular Hbond substituents is 3. The third kappa shape index (κ3) is 8.10. The first-order chi connectivity index (χ1) is 12.5. The van der Waals surface area contributed by atoms with Crippen molar-refractivity contribution in [2.24, 2.45) is 5.41 Å². The van der Waals surface area contributed by atoms with E-state index in [9.17, 15) is 20.1 Å². The van der Waals surface area contributed by atoms with Crippen LogP contribution < -0.4 is 0 Å². The number of phenols is 3. The first kappa shape index (κ1) is 23.1. The second-order valence-electron chi connectivity index (χ2n) is 9.18. The lowest BCUT2D eigenvalue weighted by atomic mass is 9.89. The minimum atomic E-state index is -0.523. The summed E-state index contributed by atoms with van der Waals surface area (Å²) in [6, 6.07) is 1.57. The highest BCUT2D eigenvalue weighted by Crippen LogP contribution is 2.40. The van der Waals surface area contributed by atoms with Crippen LogP contribution in [0.3, 0.4) is 0 Å². The Morgan fingerprint density at radius 1 is 0.889 bits per heavy atom. The van der Waals surface area contributed by atoms with Crippen molar-refractivity contribution in [1.29, 1.82) is 0 Å². The van der Waals surface area contributed by atoms with Crippen molar-refractivity contribution in [3.05, 3.63) is 17.2 Å². The van der Waals surface area contributed by atoms with Crippen LogP contribution in [0.15, 0.2) is 6.07 Å². The van der Waals surface area contributed by atoms with Crippen LogP contribution in [0, 0.1) is 5.41 Å². The largest absolute Gasteiger partial charge is 0.508 e. The number of carbonyl (C=O) groups excluding carboxylic acids is 1. The molecular weight excluding hydrogens is 344 g/mol. The summed E-state index contributed by atoms with van der Waals surface area (Å²) in [6.07, 6.45) is 6.26. The number of carbonyl (C=O) groups is 1. The van der Waals surface area contributed by atoms with Gasteiger partial charge in [0.25, 0.3) is 6.47 Å². The molecular formula is C22H36O5. The molecule has 0 spiro atoms. The summed E-state index contributed by atoms with van der Waals surface area (Å²) in [4.78, 5) is 10.5. The van der Waals surface area contributed by atoms with Crippen LogP contribution in [0.5, 0.6) is 17.2 Å². The van der Waals surface area contributed by atoms with E-state index in [-0.39, 0.29) is 22.7 Å². The van der Waals surface area contributed by atoms with Crippen LogP contribution in [0.1, 0.15) is 84.3 Å². The molecule has 0 bridgehead atoms. The van der Waals surface area contributed by atoms with Gasteiger partial charge < -0.3 is 20.1 Å². The van der Waals surface area contributed by atoms with Crippen molar-refractivity contribution < 1.29 is 24.9 Å². The number of ether oxygens (including phenoxy) is 1. The van der Waals surface area contributed by atoms with Crippen molar-refractivity contribution in [3.8, 4) is 17.2 Å². The van der Waals surface area contributed by atoms with Crippen LogP contribution >= 0.6 is 0 Å². The minimum Gasteiger partial charge on any atom is -0.508 e. The number of hydrogen-bond donors (Lipinski definition) is 3. The van der Waals surface area contributed by atoms with Crippen LogP contribution in [-0.4, -0.2) is 27.4 Å². The van der Waals surface area contributed by atoms with Crippen LogP contribution in [0.25, 0.3) is 0 Å². The van der Waals surface area contributed by atoms with Gasteiger partial charge in [-0.3, -0.25) is 4.79 Å². The SMILES string of the molecule is CC(C)(C)CCCCc1cc(O)c(CCCCC(C)(C)OC=O)c(O)c1O. The molecule has 0 fully saturated rings. The van der Waals surface area contributed by atoms with Crippen molar-refractivity contribution in [2.45, 2.75) is 91.6 Å². The molecule has 0 heterocycles. The Kier molecular flexibility index (Phi) is 8.45. The Hall–Kier alpha value is -1.91. The second kappa shape index (κ2) is 9.86. The third-order valence-corrected chi connectivity index (χ3v) is 4.88. The van der Waals surface area contributed by atoms with Crippen LogP contribution in [0.2, 0.25) is 0 Å². The van der Waals surface area contributed by atoms with Gasteiger partial charge in [-0.05, 0) is 70.3 Å². The smallest absolute Gasteiger partial charge is 0.293 e. The Labute approximate surface area is 163 Å². The molecule has 0 saturated heterocycles. The molecule has 0 aromatic heterocycles. The summed E-state index contributed by atoms with van der Waals surface area (Å²) >= 11 is 0. The maximum absolute atomic E-state index is 10.5. The Morgan fingerprint density at radius 3 is 2.07 bits per heavy atom. The molecule has 3 N–H and O–H groups in total. The summed E-state index contributed by atoms with van der Waals surface area (Å²) in [5.74, 6) is -0.313. The molecule has 0 unspecified atom stereocenters. The maximum Gasteiger partial charge on any atom is 0.293 e. The number of rotatable bonds is 11. The highest BCUT2D eigenvalue weighted by molar-refractivity contribution is 5.56. The van der Waals surface area contributed by atoms with E-state index in [2.05, 4.69) is 20.8 Å². The molecule has 5 nitrogen and oxygen atoms in total. The van der Waals surface area contributed by atoms with Crippen molar-refractivity contribution in [1.82, 2.24) is 0 Å². The number of hydrogen-bond acceptors (Lipinski definition) is 5. The molecule has 5 heteroatoms. The monoisotopic (exact) mass is 380 g/mol. The predicted molar refractivity (Wildman–Crippen MR) is 107 cm³/mol. The lowest BCUT2D eigenvalue weighted by molar-refractivity contribution is -0.140. The fourth-order valence-electron chi connectivity index (χ4n) is 3.19. The first-order valence-corrected chi connectivity index (χ1v) is 9.84. The van der Waals surface area contributed by atoms with Gasteiger partial charge >= 0.3 is 0 Å². The molecule has 1 aromatic carbocycles. The molecule has 0 saturated carbocycles. The highest BCUT2D eigenvalue weighted by Gasteiger charge is 2.20. The Bertz CT molecular complexity index is 614. The zero-order valence-corrected chi connectivity index (χ0v) is 17.5. The zero-order valence-electron chi connectivity index (χ0n) is 17.5. The fourth-order valence-corrected chi connectivity index (χ4v) is 3.19. The average molecular weight is 381 g/mol. The van der Waals surface area contributed by atoms with Gasteiger partial charge in [-0.15, -0.1) is 0 Å². The van der Waals surface area contributed by atoms with Crippen molar-refractivity contribution in [2.75, 3.05) is 0 Å². The minimum absolute atomic E-state index is 0.0273. The van der Waals surface area contributed by atoms with Crippen molar-refractivity contribution in [3.63, 3.8) is 0 Å². The van der Waals surface area contributed by atoms with Gasteiger partial charge in [0.05, 0.1) is 0 Å². The summed E-state index contributed by atoms with van der Waals surface area (Å²) < 4.78 is 5.01. The summed E-state index contributed by atoms with van der Waals surface area (Å²) in [6.45, 7) is 10.7. The summed E-state index contributed by atoms with van der Waals surface area (Å²) in [7, 11) is 0. The second-order valence-corrected chi connectivity index (χ2v) is 9.18. The number of aromatic hydroxyl groups is 3. The normalized spacial score (nSPS) is 12.2. The predicted octanol–water partition coefficient (Wildman–Crippen LogP) is 5.23. The van der Waals surface area contributed by atoms with Gasteiger partial charge in [-0.25, -0.2) is 0 Å². The molecule has 1 rings (SSSR count). The van der Waals surface area contributed by atoms with Crippen LogP contribution in [0.4, 0.5) is 0 Å². The fraction of sp³-hybridized carbons (Fsp3) is 0.682. The van der Waals surface area contributed by atoms with E-state index < -0.39 is 5.60 Å². The van der Waals surface area contributed by atoms with Gasteiger partial charge in [-0.2, -0.15) is 0 Å². The highest BCUT2D eigenvalue weighted by atomic mass is 16.5. The quantitative estimate of drug-likeness (QED) is 0.212. The maximum atomic E-state index is 10.5. The molecule has 0 aliphatic heterocycles. The van der Waals surface area contributed by atoms with E-state index in [0.29, 0.717) is 43.3 Å². The third-order valence-electron chi connectivity index (χ3n) is 4.88. The van der Waals surface area contributed by atoms with E-state index in [1.165, 1.54) is 0 Å². The Morgan fingerprint density at radius 2 is 1.48 bits per heavy atom. The van der Waals surface area contributed by atoms with Gasteiger partial charge in [0, 0.05) is 11.1 Å². The van der Waals surface area contributed by atoms with Crippen LogP contribution in [-0.2, 0) is 22.4 Å². The molecule has 1 aromatic rings. The first-order valence-electron chi connectivity index (χ1n) is 9.84. The summed E-state index contributed by atoms with van der Waals surface area (Å²) in [5.41, 5.74) is 0.718. The number of unbranched alkanes of at least 4 members (excludes halogenated alkanes) is 2. The number of aryl methyl sites for hydroxylation is 1. The zero-order chi connectivity index (χ0) is 20.7. The molecule has 0 aliphatic rings.